The summed E-state index contributed by atoms with van der Waals surface area (Å²) < 4.78 is 1.92. The summed E-state index contributed by atoms with van der Waals surface area (Å²) in [6, 6.07) is 19.3. The fourth-order valence-corrected chi connectivity index (χ4v) is 3.85. The molecule has 0 spiro atoms. The lowest BCUT2D eigenvalue weighted by atomic mass is 10.2. The molecule has 0 saturated heterocycles. The second kappa shape index (κ2) is 8.68. The number of thioether (sulfide) groups is 1. The molecule has 148 valence electrons. The van der Waals surface area contributed by atoms with Gasteiger partial charge in [-0.3, -0.25) is 4.57 Å². The number of benzene rings is 2. The molecule has 2 aromatic carbocycles. The van der Waals surface area contributed by atoms with Crippen molar-refractivity contribution in [1.29, 1.82) is 5.26 Å². The minimum Gasteiger partial charge on any atom is -0.510 e. The van der Waals surface area contributed by atoms with Gasteiger partial charge in [0.15, 0.2) is 16.8 Å². The molecule has 4 rings (SSSR count). The Balaban J connectivity index is 1.61. The molecule has 2 aromatic heterocycles. The summed E-state index contributed by atoms with van der Waals surface area (Å²) in [4.78, 5) is 7.47. The lowest BCUT2D eigenvalue weighted by Gasteiger charge is -2.08. The van der Waals surface area contributed by atoms with Gasteiger partial charge in [0.2, 0.25) is 0 Å². The third-order valence-electron chi connectivity index (χ3n) is 4.43. The number of aromatic nitrogens is 5. The second-order valence-electron chi connectivity index (χ2n) is 6.40. The zero-order chi connectivity index (χ0) is 20.9. The molecule has 0 atom stereocenters. The maximum absolute atomic E-state index is 10.6. The van der Waals surface area contributed by atoms with Crippen LogP contribution in [-0.2, 0) is 6.54 Å². The van der Waals surface area contributed by atoms with Crippen molar-refractivity contribution in [3.8, 4) is 17.5 Å². The van der Waals surface area contributed by atoms with Gasteiger partial charge >= 0.3 is 0 Å². The summed E-state index contributed by atoms with van der Waals surface area (Å²) >= 11 is 1.30. The van der Waals surface area contributed by atoms with Crippen molar-refractivity contribution < 1.29 is 5.11 Å². The maximum atomic E-state index is 10.6. The highest BCUT2D eigenvalue weighted by molar-refractivity contribution is 7.99. The van der Waals surface area contributed by atoms with E-state index in [0.29, 0.717) is 17.5 Å². The smallest absolute Gasteiger partial charge is 0.192 e. The van der Waals surface area contributed by atoms with E-state index in [0.717, 1.165) is 22.4 Å². The number of nitriles is 1. The predicted molar refractivity (Wildman–Crippen MR) is 118 cm³/mol. The van der Waals surface area contributed by atoms with E-state index in [-0.39, 0.29) is 17.1 Å². The molecule has 0 aliphatic rings. The van der Waals surface area contributed by atoms with Gasteiger partial charge in [-0.2, -0.15) is 5.26 Å². The Bertz CT molecular complexity index is 1230. The van der Waals surface area contributed by atoms with Crippen LogP contribution in [0.3, 0.4) is 0 Å². The molecule has 2 N–H and O–H groups in total. The predicted octanol–water partition coefficient (Wildman–Crippen LogP) is 4.59. The van der Waals surface area contributed by atoms with Crippen molar-refractivity contribution in [1.82, 2.24) is 24.7 Å². The molecule has 0 saturated carbocycles. The normalized spacial score (nSPS) is 11.8. The van der Waals surface area contributed by atoms with Crippen molar-refractivity contribution in [3.05, 3.63) is 78.8 Å². The van der Waals surface area contributed by atoms with Crippen LogP contribution in [0, 0.1) is 11.3 Å². The Labute approximate surface area is 177 Å². The van der Waals surface area contributed by atoms with Crippen LogP contribution in [0.25, 0.3) is 28.0 Å². The lowest BCUT2D eigenvalue weighted by molar-refractivity contribution is 0.420. The van der Waals surface area contributed by atoms with Crippen LogP contribution < -0.4 is 0 Å². The van der Waals surface area contributed by atoms with Crippen LogP contribution in [0.15, 0.2) is 78.2 Å². The fraction of sp³-hybridized carbons (Fsp3) is 0.0909. The molecule has 0 aliphatic carbocycles. The number of aliphatic hydroxyl groups is 1. The summed E-state index contributed by atoms with van der Waals surface area (Å²) in [7, 11) is 0. The number of para-hydroxylation sites is 2. The minimum atomic E-state index is -0.0732. The van der Waals surface area contributed by atoms with Crippen LogP contribution in [0.4, 0.5) is 0 Å². The van der Waals surface area contributed by atoms with E-state index in [1.54, 1.807) is 6.08 Å². The molecule has 0 bridgehead atoms. The molecule has 8 heteroatoms. The lowest BCUT2D eigenvalue weighted by Crippen LogP contribution is -2.02. The average molecular weight is 414 g/mol. The van der Waals surface area contributed by atoms with Gasteiger partial charge in [0, 0.05) is 12.1 Å². The molecule has 0 unspecified atom stereocenters. The highest BCUT2D eigenvalue weighted by Crippen LogP contribution is 2.27. The Morgan fingerprint density at radius 1 is 1.17 bits per heavy atom. The minimum absolute atomic E-state index is 0.0732. The average Bonchev–Trinajstić information content (AvgIpc) is 3.38. The van der Waals surface area contributed by atoms with Gasteiger partial charge in [-0.05, 0) is 12.1 Å². The van der Waals surface area contributed by atoms with Crippen molar-refractivity contribution in [2.75, 3.05) is 5.75 Å². The number of nitrogens with zero attached hydrogens (tertiary/aromatic N) is 5. The van der Waals surface area contributed by atoms with Crippen molar-refractivity contribution >= 4 is 28.4 Å². The molecule has 4 aromatic rings. The van der Waals surface area contributed by atoms with E-state index in [1.165, 1.54) is 11.8 Å². The first kappa shape index (κ1) is 19.5. The molecule has 2 heterocycles. The van der Waals surface area contributed by atoms with Gasteiger partial charge < -0.3 is 10.1 Å². The van der Waals surface area contributed by atoms with E-state index < -0.39 is 0 Å². The standard InChI is InChI=1S/C22H18N6OS/c1-2-12-28-21(15-8-4-3-5-9-15)26-27-22(28)30-14-19(29)16(13-23)20-24-17-10-6-7-11-18(17)25-20/h2-11,29H,1,12,14H2,(H,24,25). The highest BCUT2D eigenvalue weighted by atomic mass is 32.2. The molecule has 0 aliphatic heterocycles. The number of aromatic amines is 1. The van der Waals surface area contributed by atoms with Gasteiger partial charge in [0.1, 0.15) is 17.4 Å². The number of aliphatic hydroxyl groups excluding tert-OH is 1. The zero-order valence-corrected chi connectivity index (χ0v) is 16.8. The molecule has 0 amide bonds. The summed E-state index contributed by atoms with van der Waals surface area (Å²) in [5.41, 5.74) is 2.59. The molecular weight excluding hydrogens is 396 g/mol. The summed E-state index contributed by atoms with van der Waals surface area (Å²) in [6.45, 7) is 4.34. The first-order valence-electron chi connectivity index (χ1n) is 9.21. The van der Waals surface area contributed by atoms with Crippen molar-refractivity contribution in [2.24, 2.45) is 0 Å². The summed E-state index contributed by atoms with van der Waals surface area (Å²) in [5, 5.41) is 29.4. The highest BCUT2D eigenvalue weighted by Gasteiger charge is 2.17. The van der Waals surface area contributed by atoms with Crippen LogP contribution in [-0.4, -0.2) is 35.6 Å². The first-order chi connectivity index (χ1) is 14.7. The van der Waals surface area contributed by atoms with Gasteiger partial charge in [0.05, 0.1) is 16.8 Å². The van der Waals surface area contributed by atoms with Crippen LogP contribution in [0.1, 0.15) is 5.82 Å². The molecule has 0 radical (unpaired) electrons. The van der Waals surface area contributed by atoms with E-state index in [4.69, 9.17) is 0 Å². The number of imidazole rings is 1. The van der Waals surface area contributed by atoms with Crippen LogP contribution in [0.5, 0.6) is 0 Å². The Hall–Kier alpha value is -3.83. The summed E-state index contributed by atoms with van der Waals surface area (Å²) in [5.74, 6) is 1.15. The van der Waals surface area contributed by atoms with E-state index >= 15 is 0 Å². The number of nitrogens with one attached hydrogen (secondary N) is 1. The second-order valence-corrected chi connectivity index (χ2v) is 7.34. The first-order valence-corrected chi connectivity index (χ1v) is 10.2. The number of rotatable bonds is 7. The third-order valence-corrected chi connectivity index (χ3v) is 5.40. The van der Waals surface area contributed by atoms with E-state index in [1.807, 2.05) is 65.2 Å². The molecule has 7 nitrogen and oxygen atoms in total. The van der Waals surface area contributed by atoms with Crippen LogP contribution in [0.2, 0.25) is 0 Å². The third kappa shape index (κ3) is 3.83. The van der Waals surface area contributed by atoms with Gasteiger partial charge in [-0.1, -0.05) is 60.3 Å². The zero-order valence-electron chi connectivity index (χ0n) is 16.0. The van der Waals surface area contributed by atoms with Crippen LogP contribution >= 0.6 is 11.8 Å². The fourth-order valence-electron chi connectivity index (χ4n) is 3.02. The molecular formula is C22H18N6OS. The van der Waals surface area contributed by atoms with Gasteiger partial charge in [-0.15, -0.1) is 16.8 Å². The topological polar surface area (TPSA) is 103 Å². The quantitative estimate of drug-likeness (QED) is 0.198. The van der Waals surface area contributed by atoms with Crippen molar-refractivity contribution in [2.45, 2.75) is 11.7 Å². The monoisotopic (exact) mass is 414 g/mol. The number of hydrogen-bond donors (Lipinski definition) is 2. The van der Waals surface area contributed by atoms with E-state index in [2.05, 4.69) is 26.7 Å². The maximum Gasteiger partial charge on any atom is 0.192 e. The van der Waals surface area contributed by atoms with E-state index in [9.17, 15) is 10.4 Å². The van der Waals surface area contributed by atoms with Crippen molar-refractivity contribution in [3.63, 3.8) is 0 Å². The van der Waals surface area contributed by atoms with Gasteiger partial charge in [0.25, 0.3) is 0 Å². The Morgan fingerprint density at radius 3 is 2.67 bits per heavy atom. The number of fused-ring (bicyclic) bond motifs is 1. The Morgan fingerprint density at radius 2 is 1.93 bits per heavy atom. The molecule has 0 fully saturated rings. The number of H-pyrrole nitrogens is 1. The Kier molecular flexibility index (Phi) is 5.63. The summed E-state index contributed by atoms with van der Waals surface area (Å²) in [6.07, 6.45) is 1.77. The SMILES string of the molecule is C=CCn1c(SCC(O)=C(C#N)c2nc3ccccc3[nH]2)nnc1-c1ccccc1. The largest absolute Gasteiger partial charge is 0.510 e. The number of allylic oxidation sites excluding steroid dienone is 2. The van der Waals surface area contributed by atoms with Gasteiger partial charge in [-0.25, -0.2) is 4.98 Å². The number of hydrogen-bond acceptors (Lipinski definition) is 6. The molecule has 30 heavy (non-hydrogen) atoms.